The number of nitrogens with zero attached hydrogens (tertiary/aromatic N) is 1. The van der Waals surface area contributed by atoms with Crippen molar-refractivity contribution in [3.05, 3.63) is 70.8 Å². The van der Waals surface area contributed by atoms with Crippen LogP contribution in [0, 0.1) is 13.8 Å². The molecule has 156 valence electrons. The Morgan fingerprint density at radius 2 is 1.72 bits per heavy atom. The average molecular weight is 395 g/mol. The molecule has 2 rings (SSSR count). The van der Waals surface area contributed by atoms with Crippen molar-refractivity contribution >= 4 is 11.8 Å². The minimum Gasteiger partial charge on any atom is -0.350 e. The Bertz CT molecular complexity index is 852. The summed E-state index contributed by atoms with van der Waals surface area (Å²) in [6.45, 7) is 12.3. The maximum absolute atomic E-state index is 13.4. The second kappa shape index (κ2) is 9.73. The average Bonchev–Trinajstić information content (AvgIpc) is 2.61. The van der Waals surface area contributed by atoms with E-state index in [2.05, 4.69) is 5.32 Å². The van der Waals surface area contributed by atoms with Gasteiger partial charge in [-0.15, -0.1) is 0 Å². The predicted octanol–water partition coefficient (Wildman–Crippen LogP) is 4.57. The first kappa shape index (κ1) is 22.7. The molecule has 2 aromatic rings. The molecule has 4 heteroatoms. The Hall–Kier alpha value is -2.62. The monoisotopic (exact) mass is 394 g/mol. The van der Waals surface area contributed by atoms with Gasteiger partial charge in [0.1, 0.15) is 6.04 Å². The lowest BCUT2D eigenvalue weighted by Gasteiger charge is -2.33. The smallest absolute Gasteiger partial charge is 0.243 e. The summed E-state index contributed by atoms with van der Waals surface area (Å²) < 4.78 is 0. The number of hydrogen-bond acceptors (Lipinski definition) is 2. The van der Waals surface area contributed by atoms with Gasteiger partial charge in [-0.05, 0) is 57.7 Å². The largest absolute Gasteiger partial charge is 0.350 e. The highest BCUT2D eigenvalue weighted by Crippen LogP contribution is 2.18. The quantitative estimate of drug-likeness (QED) is 0.748. The standard InChI is InChI=1S/C25H34N2O2/c1-7-22(24(29)26-25(4,5)6)27(17-21-14-9-8-12-19(21)3)23(28)16-20-13-10-11-18(2)15-20/h8-15,22H,7,16-17H2,1-6H3,(H,26,29)/t22-/m0/s1. The van der Waals surface area contributed by atoms with Crippen LogP contribution >= 0.6 is 0 Å². The van der Waals surface area contributed by atoms with E-state index in [1.165, 1.54) is 0 Å². The first-order chi connectivity index (χ1) is 13.6. The van der Waals surface area contributed by atoms with Crippen LogP contribution < -0.4 is 5.32 Å². The third kappa shape index (κ3) is 6.74. The molecule has 0 aromatic heterocycles. The van der Waals surface area contributed by atoms with E-state index in [-0.39, 0.29) is 23.8 Å². The highest BCUT2D eigenvalue weighted by molar-refractivity contribution is 5.88. The molecular formula is C25H34N2O2. The lowest BCUT2D eigenvalue weighted by Crippen LogP contribution is -2.53. The van der Waals surface area contributed by atoms with Crippen LogP contribution in [0.5, 0.6) is 0 Å². The summed E-state index contributed by atoms with van der Waals surface area (Å²) >= 11 is 0. The lowest BCUT2D eigenvalue weighted by atomic mass is 10.0. The van der Waals surface area contributed by atoms with E-state index in [9.17, 15) is 9.59 Å². The molecule has 0 spiro atoms. The number of carbonyl (C=O) groups excluding carboxylic acids is 2. The van der Waals surface area contributed by atoms with Gasteiger partial charge in [0.15, 0.2) is 0 Å². The number of carbonyl (C=O) groups is 2. The second-order valence-electron chi connectivity index (χ2n) is 8.78. The summed E-state index contributed by atoms with van der Waals surface area (Å²) in [6.07, 6.45) is 0.847. The van der Waals surface area contributed by atoms with Crippen molar-refractivity contribution in [1.82, 2.24) is 10.2 Å². The topological polar surface area (TPSA) is 49.4 Å². The molecule has 4 nitrogen and oxygen atoms in total. The van der Waals surface area contributed by atoms with Gasteiger partial charge >= 0.3 is 0 Å². The fraction of sp³-hybridized carbons (Fsp3) is 0.440. The molecule has 2 amide bonds. The minimum absolute atomic E-state index is 0.0326. The molecule has 0 radical (unpaired) electrons. The van der Waals surface area contributed by atoms with Crippen LogP contribution in [-0.2, 0) is 22.6 Å². The van der Waals surface area contributed by atoms with Gasteiger partial charge < -0.3 is 10.2 Å². The molecule has 1 N–H and O–H groups in total. The molecule has 0 saturated heterocycles. The Morgan fingerprint density at radius 3 is 2.31 bits per heavy atom. The fourth-order valence-corrected chi connectivity index (χ4v) is 3.44. The van der Waals surface area contributed by atoms with E-state index in [0.717, 1.165) is 22.3 Å². The maximum Gasteiger partial charge on any atom is 0.243 e. The number of rotatable bonds is 7. The van der Waals surface area contributed by atoms with Crippen molar-refractivity contribution in [3.63, 3.8) is 0 Å². The van der Waals surface area contributed by atoms with Crippen LogP contribution in [0.1, 0.15) is 56.4 Å². The first-order valence-electron chi connectivity index (χ1n) is 10.3. The molecule has 0 fully saturated rings. The predicted molar refractivity (Wildman–Crippen MR) is 119 cm³/mol. The van der Waals surface area contributed by atoms with E-state index in [1.807, 2.05) is 90.1 Å². The van der Waals surface area contributed by atoms with Gasteiger partial charge in [0, 0.05) is 12.1 Å². The van der Waals surface area contributed by atoms with Crippen molar-refractivity contribution in [1.29, 1.82) is 0 Å². The van der Waals surface area contributed by atoms with Gasteiger partial charge in [-0.3, -0.25) is 9.59 Å². The molecule has 1 atom stereocenters. The third-order valence-electron chi connectivity index (χ3n) is 4.92. The van der Waals surface area contributed by atoms with Crippen molar-refractivity contribution < 1.29 is 9.59 Å². The molecule has 2 aromatic carbocycles. The highest BCUT2D eigenvalue weighted by atomic mass is 16.2. The van der Waals surface area contributed by atoms with E-state index in [0.29, 0.717) is 13.0 Å². The van der Waals surface area contributed by atoms with Gasteiger partial charge in [0.05, 0.1) is 6.42 Å². The summed E-state index contributed by atoms with van der Waals surface area (Å²) in [4.78, 5) is 28.1. The van der Waals surface area contributed by atoms with Crippen molar-refractivity contribution in [2.75, 3.05) is 0 Å². The summed E-state index contributed by atoms with van der Waals surface area (Å²) in [5.41, 5.74) is 3.92. The molecule has 0 aliphatic heterocycles. The summed E-state index contributed by atoms with van der Waals surface area (Å²) in [6, 6.07) is 15.5. The Balaban J connectivity index is 2.34. The van der Waals surface area contributed by atoms with Gasteiger partial charge in [0.2, 0.25) is 11.8 Å². The highest BCUT2D eigenvalue weighted by Gasteiger charge is 2.30. The van der Waals surface area contributed by atoms with Crippen LogP contribution in [0.25, 0.3) is 0 Å². The number of aryl methyl sites for hydroxylation is 2. The molecule has 0 unspecified atom stereocenters. The van der Waals surface area contributed by atoms with Crippen LogP contribution in [0.4, 0.5) is 0 Å². The molecule has 0 bridgehead atoms. The molecule has 29 heavy (non-hydrogen) atoms. The Kier molecular flexibility index (Phi) is 7.60. The maximum atomic E-state index is 13.4. The third-order valence-corrected chi connectivity index (χ3v) is 4.92. The SMILES string of the molecule is CC[C@@H](C(=O)NC(C)(C)C)N(Cc1ccccc1C)C(=O)Cc1cccc(C)c1. The van der Waals surface area contributed by atoms with Crippen molar-refractivity contribution in [2.24, 2.45) is 0 Å². The number of amides is 2. The lowest BCUT2D eigenvalue weighted by molar-refractivity contribution is -0.141. The summed E-state index contributed by atoms with van der Waals surface area (Å²) in [7, 11) is 0. The van der Waals surface area contributed by atoms with Crippen molar-refractivity contribution in [2.45, 2.75) is 72.5 Å². The van der Waals surface area contributed by atoms with Gasteiger partial charge in [-0.2, -0.15) is 0 Å². The van der Waals surface area contributed by atoms with Crippen LogP contribution in [0.3, 0.4) is 0 Å². The molecule has 0 aliphatic carbocycles. The zero-order chi connectivity index (χ0) is 21.6. The normalized spacial score (nSPS) is 12.3. The van der Waals surface area contributed by atoms with E-state index >= 15 is 0 Å². The number of nitrogens with one attached hydrogen (secondary N) is 1. The van der Waals surface area contributed by atoms with E-state index < -0.39 is 6.04 Å². The fourth-order valence-electron chi connectivity index (χ4n) is 3.44. The molecule has 0 heterocycles. The van der Waals surface area contributed by atoms with Gasteiger partial charge in [-0.1, -0.05) is 61.0 Å². The molecule has 0 saturated carbocycles. The summed E-state index contributed by atoms with van der Waals surface area (Å²) in [5.74, 6) is -0.138. The minimum atomic E-state index is -0.508. The number of hydrogen-bond donors (Lipinski definition) is 1. The van der Waals surface area contributed by atoms with Gasteiger partial charge in [-0.25, -0.2) is 0 Å². The summed E-state index contributed by atoms with van der Waals surface area (Å²) in [5, 5.41) is 3.05. The number of benzene rings is 2. The van der Waals surface area contributed by atoms with E-state index in [1.54, 1.807) is 4.90 Å². The zero-order valence-electron chi connectivity index (χ0n) is 18.6. The van der Waals surface area contributed by atoms with E-state index in [4.69, 9.17) is 0 Å². The van der Waals surface area contributed by atoms with Crippen LogP contribution in [0.15, 0.2) is 48.5 Å². The van der Waals surface area contributed by atoms with Gasteiger partial charge in [0.25, 0.3) is 0 Å². The Labute approximate surface area is 175 Å². The zero-order valence-corrected chi connectivity index (χ0v) is 18.6. The second-order valence-corrected chi connectivity index (χ2v) is 8.78. The van der Waals surface area contributed by atoms with Crippen LogP contribution in [-0.4, -0.2) is 28.3 Å². The molecule has 0 aliphatic rings. The Morgan fingerprint density at radius 1 is 1.03 bits per heavy atom. The van der Waals surface area contributed by atoms with Crippen molar-refractivity contribution in [3.8, 4) is 0 Å². The first-order valence-corrected chi connectivity index (χ1v) is 10.3. The van der Waals surface area contributed by atoms with Crippen LogP contribution in [0.2, 0.25) is 0 Å². The molecular weight excluding hydrogens is 360 g/mol.